The highest BCUT2D eigenvalue weighted by atomic mass is 15.2. The lowest BCUT2D eigenvalue weighted by Crippen LogP contribution is -2.28. The summed E-state index contributed by atoms with van der Waals surface area (Å²) < 4.78 is 2.13. The van der Waals surface area contributed by atoms with Gasteiger partial charge >= 0.3 is 0 Å². The molecule has 3 aromatic rings. The van der Waals surface area contributed by atoms with Gasteiger partial charge in [0.15, 0.2) is 5.65 Å². The van der Waals surface area contributed by atoms with E-state index in [4.69, 9.17) is 0 Å². The highest BCUT2D eigenvalue weighted by Crippen LogP contribution is 2.20. The molecule has 0 radical (unpaired) electrons. The van der Waals surface area contributed by atoms with Crippen molar-refractivity contribution >= 4 is 5.65 Å². The maximum Gasteiger partial charge on any atom is 0.155 e. The van der Waals surface area contributed by atoms with E-state index >= 15 is 0 Å². The molecule has 0 amide bonds. The average Bonchev–Trinajstić information content (AvgIpc) is 3.23. The minimum absolute atomic E-state index is 0.725. The molecular weight excluding hydrogens is 312 g/mol. The molecule has 6 nitrogen and oxygen atoms in total. The average molecular weight is 336 g/mol. The number of rotatable bonds is 6. The molecule has 25 heavy (non-hydrogen) atoms. The van der Waals surface area contributed by atoms with E-state index in [1.807, 2.05) is 43.2 Å². The molecule has 1 saturated heterocycles. The van der Waals surface area contributed by atoms with Gasteiger partial charge in [0.25, 0.3) is 0 Å². The Labute approximate surface area is 148 Å². The first-order valence-electron chi connectivity index (χ1n) is 8.83. The summed E-state index contributed by atoms with van der Waals surface area (Å²) in [5.41, 5.74) is 3.44. The van der Waals surface area contributed by atoms with Gasteiger partial charge in [-0.2, -0.15) is 0 Å². The van der Waals surface area contributed by atoms with Gasteiger partial charge in [-0.15, -0.1) is 0 Å². The van der Waals surface area contributed by atoms with Crippen LogP contribution in [0.25, 0.3) is 5.65 Å². The van der Waals surface area contributed by atoms with Gasteiger partial charge in [-0.3, -0.25) is 19.3 Å². The van der Waals surface area contributed by atoms with Crippen molar-refractivity contribution in [2.24, 2.45) is 5.92 Å². The molecule has 6 heteroatoms. The van der Waals surface area contributed by atoms with Crippen molar-refractivity contribution in [3.05, 3.63) is 60.6 Å². The van der Waals surface area contributed by atoms with Crippen LogP contribution in [-0.2, 0) is 13.1 Å². The molecule has 0 spiro atoms. The monoisotopic (exact) mass is 336 g/mol. The number of pyridine rings is 1. The molecule has 0 saturated carbocycles. The summed E-state index contributed by atoms with van der Waals surface area (Å²) >= 11 is 0. The predicted octanol–water partition coefficient (Wildman–Crippen LogP) is 2.08. The highest BCUT2D eigenvalue weighted by molar-refractivity contribution is 5.36. The summed E-state index contributed by atoms with van der Waals surface area (Å²) in [5, 5.41) is 0. The molecule has 130 valence electrons. The molecule has 1 unspecified atom stereocenters. The van der Waals surface area contributed by atoms with E-state index in [1.54, 1.807) is 0 Å². The number of aromatic nitrogens is 4. The van der Waals surface area contributed by atoms with E-state index < -0.39 is 0 Å². The minimum atomic E-state index is 0.725. The van der Waals surface area contributed by atoms with Crippen LogP contribution in [0.4, 0.5) is 0 Å². The summed E-state index contributed by atoms with van der Waals surface area (Å²) in [4.78, 5) is 17.7. The van der Waals surface area contributed by atoms with Crippen LogP contribution in [0.3, 0.4) is 0 Å². The zero-order valence-electron chi connectivity index (χ0n) is 14.6. The maximum absolute atomic E-state index is 4.43. The molecule has 4 heterocycles. The third kappa shape index (κ3) is 3.86. The first-order valence-corrected chi connectivity index (χ1v) is 8.83. The molecule has 0 aliphatic carbocycles. The van der Waals surface area contributed by atoms with Crippen LogP contribution in [0.1, 0.15) is 17.7 Å². The molecule has 1 aliphatic heterocycles. The summed E-state index contributed by atoms with van der Waals surface area (Å²) in [5.74, 6) is 0.725. The Balaban J connectivity index is 1.31. The van der Waals surface area contributed by atoms with E-state index in [2.05, 4.69) is 42.3 Å². The van der Waals surface area contributed by atoms with Gasteiger partial charge < -0.3 is 4.90 Å². The van der Waals surface area contributed by atoms with E-state index in [-0.39, 0.29) is 0 Å². The van der Waals surface area contributed by atoms with Crippen molar-refractivity contribution in [1.29, 1.82) is 0 Å². The van der Waals surface area contributed by atoms with Gasteiger partial charge in [0.05, 0.1) is 18.1 Å². The van der Waals surface area contributed by atoms with Crippen molar-refractivity contribution < 1.29 is 0 Å². The summed E-state index contributed by atoms with van der Waals surface area (Å²) in [6, 6.07) is 4.15. The fourth-order valence-corrected chi connectivity index (χ4v) is 3.75. The lowest BCUT2D eigenvalue weighted by Gasteiger charge is -2.21. The van der Waals surface area contributed by atoms with Crippen molar-refractivity contribution in [3.8, 4) is 0 Å². The smallest absolute Gasteiger partial charge is 0.155 e. The van der Waals surface area contributed by atoms with Crippen molar-refractivity contribution in [2.75, 3.05) is 26.7 Å². The number of likely N-dealkylation sites (tertiary alicyclic amines) is 1. The summed E-state index contributed by atoms with van der Waals surface area (Å²) in [6.45, 7) is 5.35. The summed E-state index contributed by atoms with van der Waals surface area (Å²) in [7, 11) is 2.20. The van der Waals surface area contributed by atoms with E-state index in [0.717, 1.165) is 44.3 Å². The zero-order chi connectivity index (χ0) is 17.1. The highest BCUT2D eigenvalue weighted by Gasteiger charge is 2.24. The third-order valence-electron chi connectivity index (χ3n) is 4.89. The van der Waals surface area contributed by atoms with Crippen LogP contribution >= 0.6 is 0 Å². The normalized spacial score (nSPS) is 18.4. The Morgan fingerprint density at radius 3 is 3.00 bits per heavy atom. The second-order valence-corrected chi connectivity index (χ2v) is 7.00. The quantitative estimate of drug-likeness (QED) is 0.690. The molecule has 0 N–H and O–H groups in total. The Kier molecular flexibility index (Phi) is 4.72. The second kappa shape index (κ2) is 7.29. The molecule has 3 aromatic heterocycles. The van der Waals surface area contributed by atoms with Crippen LogP contribution in [0.2, 0.25) is 0 Å². The Hall–Kier alpha value is -2.31. The number of fused-ring (bicyclic) bond motifs is 1. The fourth-order valence-electron chi connectivity index (χ4n) is 3.75. The van der Waals surface area contributed by atoms with E-state index in [9.17, 15) is 0 Å². The number of imidazole rings is 1. The second-order valence-electron chi connectivity index (χ2n) is 7.00. The van der Waals surface area contributed by atoms with Gasteiger partial charge in [-0.25, -0.2) is 4.98 Å². The molecular formula is C19H24N6. The van der Waals surface area contributed by atoms with Gasteiger partial charge in [0.1, 0.15) is 0 Å². The standard InChI is InChI=1S/C19H24N6/c1-23(12-16-3-2-5-20-9-16)13-17-4-7-24(14-17)15-18-10-22-19-11-21-6-8-25(18)19/h2-3,5-6,8-11,17H,4,7,12-15H2,1H3. The largest absolute Gasteiger partial charge is 0.302 e. The van der Waals surface area contributed by atoms with Gasteiger partial charge in [-0.1, -0.05) is 6.07 Å². The van der Waals surface area contributed by atoms with Crippen molar-refractivity contribution in [3.63, 3.8) is 0 Å². The van der Waals surface area contributed by atoms with Gasteiger partial charge in [0, 0.05) is 51.0 Å². The number of hydrogen-bond donors (Lipinski definition) is 0. The molecule has 1 fully saturated rings. The zero-order valence-corrected chi connectivity index (χ0v) is 14.6. The number of hydrogen-bond acceptors (Lipinski definition) is 5. The van der Waals surface area contributed by atoms with Crippen LogP contribution < -0.4 is 0 Å². The third-order valence-corrected chi connectivity index (χ3v) is 4.89. The first kappa shape index (κ1) is 16.2. The van der Waals surface area contributed by atoms with Gasteiger partial charge in [0.2, 0.25) is 0 Å². The number of nitrogens with zero attached hydrogens (tertiary/aromatic N) is 6. The molecule has 0 bridgehead atoms. The van der Waals surface area contributed by atoms with E-state index in [1.165, 1.54) is 17.7 Å². The Morgan fingerprint density at radius 2 is 2.12 bits per heavy atom. The first-order chi connectivity index (χ1) is 12.3. The molecule has 0 aromatic carbocycles. The predicted molar refractivity (Wildman–Crippen MR) is 96.9 cm³/mol. The lowest BCUT2D eigenvalue weighted by molar-refractivity contribution is 0.253. The van der Waals surface area contributed by atoms with E-state index in [0.29, 0.717) is 0 Å². The lowest BCUT2D eigenvalue weighted by atomic mass is 10.1. The maximum atomic E-state index is 4.43. The van der Waals surface area contributed by atoms with Crippen LogP contribution in [-0.4, -0.2) is 55.8 Å². The van der Waals surface area contributed by atoms with Crippen molar-refractivity contribution in [2.45, 2.75) is 19.5 Å². The fraction of sp³-hybridized carbons (Fsp3) is 0.421. The van der Waals surface area contributed by atoms with Crippen molar-refractivity contribution in [1.82, 2.24) is 29.2 Å². The molecule has 1 atom stereocenters. The van der Waals surface area contributed by atoms with Crippen LogP contribution in [0, 0.1) is 5.92 Å². The molecule has 1 aliphatic rings. The topological polar surface area (TPSA) is 49.6 Å². The van der Waals surface area contributed by atoms with Crippen LogP contribution in [0.15, 0.2) is 49.3 Å². The SMILES string of the molecule is CN(Cc1cccnc1)CC1CCN(Cc2cnc3cnccn23)C1. The summed E-state index contributed by atoms with van der Waals surface area (Å²) in [6.07, 6.45) is 12.6. The van der Waals surface area contributed by atoms with Gasteiger partial charge in [-0.05, 0) is 37.6 Å². The molecule has 4 rings (SSSR count). The van der Waals surface area contributed by atoms with Crippen LogP contribution in [0.5, 0.6) is 0 Å². The minimum Gasteiger partial charge on any atom is -0.302 e. The Bertz CT molecular complexity index is 815. The Morgan fingerprint density at radius 1 is 1.20 bits per heavy atom.